The van der Waals surface area contributed by atoms with Crippen LogP contribution in [0.1, 0.15) is 31.3 Å². The van der Waals surface area contributed by atoms with Crippen LogP contribution in [0.25, 0.3) is 10.8 Å². The topological polar surface area (TPSA) is 42.7 Å². The summed E-state index contributed by atoms with van der Waals surface area (Å²) < 4.78 is 2.00. The highest BCUT2D eigenvalue weighted by molar-refractivity contribution is 7.15. The van der Waals surface area contributed by atoms with Gasteiger partial charge in [0.25, 0.3) is 0 Å². The maximum Gasteiger partial charge on any atom is 0.168 e. The van der Waals surface area contributed by atoms with E-state index in [2.05, 4.69) is 43.0 Å². The highest BCUT2D eigenvalue weighted by Gasteiger charge is 2.15. The van der Waals surface area contributed by atoms with Crippen molar-refractivity contribution in [2.45, 2.75) is 39.8 Å². The predicted octanol–water partition coefficient (Wildman–Crippen LogP) is 2.74. The van der Waals surface area contributed by atoms with Crippen LogP contribution < -0.4 is 5.32 Å². The molecule has 0 amide bonds. The molecule has 0 saturated heterocycles. The Kier molecular flexibility index (Phi) is 3.54. The van der Waals surface area contributed by atoms with Gasteiger partial charge in [0.15, 0.2) is 10.8 Å². The molecule has 0 aromatic carbocycles. The molecular weight excluding hydrogens is 244 g/mol. The third kappa shape index (κ3) is 2.97. The van der Waals surface area contributed by atoms with E-state index in [1.165, 1.54) is 4.88 Å². The van der Waals surface area contributed by atoms with Gasteiger partial charge in [0.05, 0.1) is 5.69 Å². The summed E-state index contributed by atoms with van der Waals surface area (Å²) >= 11 is 1.72. The molecule has 0 atom stereocenters. The minimum atomic E-state index is 0.125. The van der Waals surface area contributed by atoms with Crippen LogP contribution in [0.2, 0.25) is 0 Å². The summed E-state index contributed by atoms with van der Waals surface area (Å²) in [6.45, 7) is 9.43. The van der Waals surface area contributed by atoms with Crippen LogP contribution in [0.4, 0.5) is 0 Å². The van der Waals surface area contributed by atoms with Crippen LogP contribution in [-0.2, 0) is 13.6 Å². The van der Waals surface area contributed by atoms with E-state index in [0.717, 1.165) is 23.1 Å². The molecule has 18 heavy (non-hydrogen) atoms. The van der Waals surface area contributed by atoms with Gasteiger partial charge in [0.1, 0.15) is 0 Å². The van der Waals surface area contributed by atoms with Crippen LogP contribution in [0, 0.1) is 6.92 Å². The third-order valence-electron chi connectivity index (χ3n) is 2.68. The summed E-state index contributed by atoms with van der Waals surface area (Å²) in [6, 6.07) is 0. The zero-order chi connectivity index (χ0) is 13.3. The minimum Gasteiger partial charge on any atom is -0.332 e. The van der Waals surface area contributed by atoms with Crippen LogP contribution in [0.3, 0.4) is 0 Å². The van der Waals surface area contributed by atoms with Crippen LogP contribution in [-0.4, -0.2) is 20.1 Å². The monoisotopic (exact) mass is 264 g/mol. The first-order chi connectivity index (χ1) is 8.37. The molecule has 0 bridgehead atoms. The van der Waals surface area contributed by atoms with Crippen molar-refractivity contribution in [1.82, 2.24) is 19.9 Å². The van der Waals surface area contributed by atoms with Gasteiger partial charge in [-0.2, -0.15) is 0 Å². The van der Waals surface area contributed by atoms with Gasteiger partial charge < -0.3 is 9.88 Å². The number of thiazole rings is 1. The lowest BCUT2D eigenvalue weighted by Gasteiger charge is -2.19. The van der Waals surface area contributed by atoms with Gasteiger partial charge >= 0.3 is 0 Å². The molecule has 0 aliphatic heterocycles. The maximum atomic E-state index is 4.61. The van der Waals surface area contributed by atoms with Crippen LogP contribution >= 0.6 is 11.3 Å². The molecule has 1 N–H and O–H groups in total. The van der Waals surface area contributed by atoms with Gasteiger partial charge in [0.2, 0.25) is 0 Å². The molecule has 0 unspecified atom stereocenters. The van der Waals surface area contributed by atoms with Gasteiger partial charge in [-0.3, -0.25) is 0 Å². The van der Waals surface area contributed by atoms with E-state index in [1.807, 2.05) is 17.8 Å². The van der Waals surface area contributed by atoms with Gasteiger partial charge in [-0.1, -0.05) is 0 Å². The second-order valence-corrected chi connectivity index (χ2v) is 6.58. The summed E-state index contributed by atoms with van der Waals surface area (Å²) in [6.07, 6.45) is 3.75. The molecule has 2 rings (SSSR count). The van der Waals surface area contributed by atoms with Gasteiger partial charge in [-0.05, 0) is 27.7 Å². The van der Waals surface area contributed by atoms with Gasteiger partial charge in [-0.15, -0.1) is 11.3 Å². The lowest BCUT2D eigenvalue weighted by Crippen LogP contribution is -2.34. The second-order valence-electron chi connectivity index (χ2n) is 5.49. The zero-order valence-electron chi connectivity index (χ0n) is 11.6. The van der Waals surface area contributed by atoms with E-state index < -0.39 is 0 Å². The van der Waals surface area contributed by atoms with E-state index in [0.29, 0.717) is 0 Å². The molecule has 2 aromatic rings. The van der Waals surface area contributed by atoms with Crippen molar-refractivity contribution >= 4 is 11.3 Å². The lowest BCUT2D eigenvalue weighted by molar-refractivity contribution is 0.425. The Hall–Kier alpha value is -1.20. The first-order valence-corrected chi connectivity index (χ1v) is 6.87. The summed E-state index contributed by atoms with van der Waals surface area (Å²) in [4.78, 5) is 10.2. The Morgan fingerprint density at radius 3 is 2.67 bits per heavy atom. The average Bonchev–Trinajstić information content (AvgIpc) is 2.81. The summed E-state index contributed by atoms with van der Waals surface area (Å²) in [7, 11) is 1.99. The Balaban J connectivity index is 2.20. The molecule has 98 valence electrons. The lowest BCUT2D eigenvalue weighted by atomic mass is 10.1. The SMILES string of the molecule is Cc1nc(-c2nccn2C)sc1CNC(C)(C)C. The van der Waals surface area contributed by atoms with Gasteiger partial charge in [0, 0.05) is 36.4 Å². The van der Waals surface area contributed by atoms with Crippen molar-refractivity contribution in [2.24, 2.45) is 7.05 Å². The normalized spacial score (nSPS) is 12.1. The number of aromatic nitrogens is 3. The van der Waals surface area contributed by atoms with Crippen molar-refractivity contribution in [3.8, 4) is 10.8 Å². The fourth-order valence-electron chi connectivity index (χ4n) is 1.60. The number of rotatable bonds is 3. The molecule has 4 nitrogen and oxygen atoms in total. The predicted molar refractivity (Wildman–Crippen MR) is 75.6 cm³/mol. The Labute approximate surface area is 112 Å². The number of nitrogens with one attached hydrogen (secondary N) is 1. The summed E-state index contributed by atoms with van der Waals surface area (Å²) in [5.74, 6) is 0.935. The third-order valence-corrected chi connectivity index (χ3v) is 3.84. The fourth-order valence-corrected chi connectivity index (χ4v) is 2.65. The Morgan fingerprint density at radius 2 is 2.11 bits per heavy atom. The van der Waals surface area contributed by atoms with E-state index in [1.54, 1.807) is 17.5 Å². The summed E-state index contributed by atoms with van der Waals surface area (Å²) in [5, 5.41) is 4.49. The highest BCUT2D eigenvalue weighted by Crippen LogP contribution is 2.26. The Bertz CT molecular complexity index is 533. The number of nitrogens with zero attached hydrogens (tertiary/aromatic N) is 3. The van der Waals surface area contributed by atoms with E-state index in [4.69, 9.17) is 0 Å². The van der Waals surface area contributed by atoms with E-state index in [9.17, 15) is 0 Å². The second kappa shape index (κ2) is 4.82. The van der Waals surface area contributed by atoms with E-state index >= 15 is 0 Å². The summed E-state index contributed by atoms with van der Waals surface area (Å²) in [5.41, 5.74) is 1.22. The molecule has 5 heteroatoms. The molecule has 0 aliphatic rings. The maximum absolute atomic E-state index is 4.61. The molecule has 0 saturated carbocycles. The highest BCUT2D eigenvalue weighted by atomic mass is 32.1. The van der Waals surface area contributed by atoms with Crippen LogP contribution in [0.5, 0.6) is 0 Å². The molecule has 2 aromatic heterocycles. The minimum absolute atomic E-state index is 0.125. The number of hydrogen-bond donors (Lipinski definition) is 1. The smallest absolute Gasteiger partial charge is 0.168 e. The van der Waals surface area contributed by atoms with Gasteiger partial charge in [-0.25, -0.2) is 9.97 Å². The largest absolute Gasteiger partial charge is 0.332 e. The molecular formula is C13H20N4S. The molecule has 2 heterocycles. The number of imidazole rings is 1. The quantitative estimate of drug-likeness (QED) is 0.927. The Morgan fingerprint density at radius 1 is 1.39 bits per heavy atom. The fraction of sp³-hybridized carbons (Fsp3) is 0.538. The zero-order valence-corrected chi connectivity index (χ0v) is 12.4. The van der Waals surface area contributed by atoms with Crippen LogP contribution in [0.15, 0.2) is 12.4 Å². The number of hydrogen-bond acceptors (Lipinski definition) is 4. The molecule has 0 aliphatic carbocycles. The van der Waals surface area contributed by atoms with Crippen molar-refractivity contribution in [1.29, 1.82) is 0 Å². The van der Waals surface area contributed by atoms with Crippen molar-refractivity contribution in [3.63, 3.8) is 0 Å². The molecule has 0 spiro atoms. The van der Waals surface area contributed by atoms with Crippen molar-refractivity contribution < 1.29 is 0 Å². The molecule has 0 fully saturated rings. The first kappa shape index (κ1) is 13.2. The van der Waals surface area contributed by atoms with Crippen molar-refractivity contribution in [3.05, 3.63) is 23.0 Å². The molecule has 0 radical (unpaired) electrons. The van der Waals surface area contributed by atoms with E-state index in [-0.39, 0.29) is 5.54 Å². The number of aryl methyl sites for hydroxylation is 2. The first-order valence-electron chi connectivity index (χ1n) is 6.06. The standard InChI is InChI=1S/C13H20N4S/c1-9-10(8-15-13(2,3)4)18-12(16-9)11-14-6-7-17(11)5/h6-7,15H,8H2,1-5H3. The average molecular weight is 264 g/mol. The van der Waals surface area contributed by atoms with Crippen molar-refractivity contribution in [2.75, 3.05) is 0 Å².